The van der Waals surface area contributed by atoms with Gasteiger partial charge < -0.3 is 14.5 Å². The number of ether oxygens (including phenoxy) is 1. The summed E-state index contributed by atoms with van der Waals surface area (Å²) in [7, 11) is 0. The van der Waals surface area contributed by atoms with E-state index in [1.807, 2.05) is 21.6 Å². The van der Waals surface area contributed by atoms with E-state index in [-0.39, 0.29) is 23.3 Å². The van der Waals surface area contributed by atoms with Gasteiger partial charge in [-0.2, -0.15) is 0 Å². The molecule has 2 aliphatic rings. The lowest BCUT2D eigenvalue weighted by molar-refractivity contribution is -0.139. The van der Waals surface area contributed by atoms with Gasteiger partial charge in [0, 0.05) is 36.8 Å². The molecule has 2 aliphatic heterocycles. The summed E-state index contributed by atoms with van der Waals surface area (Å²) in [5.74, 6) is 2.19. The van der Waals surface area contributed by atoms with Crippen molar-refractivity contribution in [2.75, 3.05) is 32.0 Å². The van der Waals surface area contributed by atoms with E-state index in [1.165, 1.54) is 0 Å². The Bertz CT molecular complexity index is 672. The summed E-state index contributed by atoms with van der Waals surface area (Å²) >= 11 is 7.72. The highest BCUT2D eigenvalue weighted by atomic mass is 35.5. The van der Waals surface area contributed by atoms with Gasteiger partial charge in [0.15, 0.2) is 6.61 Å². The number of carbonyl (C=O) groups excluding carboxylic acids is 2. The molecule has 0 N–H and O–H groups in total. The third-order valence-corrected chi connectivity index (χ3v) is 6.94. The number of benzene rings is 1. The topological polar surface area (TPSA) is 49.9 Å². The molecule has 2 heterocycles. The largest absolute Gasteiger partial charge is 0.484 e. The highest BCUT2D eigenvalue weighted by Crippen LogP contribution is 2.44. The number of likely N-dealkylation sites (tertiary alicyclic amines) is 1. The van der Waals surface area contributed by atoms with Crippen LogP contribution < -0.4 is 4.74 Å². The van der Waals surface area contributed by atoms with Crippen molar-refractivity contribution >= 4 is 35.2 Å². The molecule has 0 aliphatic carbocycles. The second kappa shape index (κ2) is 8.74. The first-order valence-corrected chi connectivity index (χ1v) is 10.9. The minimum Gasteiger partial charge on any atom is -0.484 e. The number of hydrogen-bond donors (Lipinski definition) is 0. The van der Waals surface area contributed by atoms with Gasteiger partial charge in [0.05, 0.1) is 4.87 Å². The van der Waals surface area contributed by atoms with Crippen molar-refractivity contribution in [3.8, 4) is 5.75 Å². The first-order valence-electron chi connectivity index (χ1n) is 9.50. The molecule has 1 aromatic rings. The second-order valence-electron chi connectivity index (χ2n) is 7.56. The zero-order valence-corrected chi connectivity index (χ0v) is 17.5. The Morgan fingerprint density at radius 3 is 2.44 bits per heavy atom. The molecule has 0 saturated carbocycles. The van der Waals surface area contributed by atoms with Crippen LogP contribution in [0.5, 0.6) is 5.75 Å². The normalized spacial score (nSPS) is 19.0. The quantitative estimate of drug-likeness (QED) is 0.743. The fraction of sp³-hybridized carbons (Fsp3) is 0.600. The third-order valence-electron chi connectivity index (χ3n) is 5.13. The van der Waals surface area contributed by atoms with Gasteiger partial charge >= 0.3 is 0 Å². The van der Waals surface area contributed by atoms with E-state index in [4.69, 9.17) is 16.3 Å². The van der Waals surface area contributed by atoms with Crippen LogP contribution in [0.15, 0.2) is 24.3 Å². The summed E-state index contributed by atoms with van der Waals surface area (Å²) in [4.78, 5) is 28.9. The molecular formula is C20H27ClN2O3S. The van der Waals surface area contributed by atoms with Crippen molar-refractivity contribution in [3.63, 3.8) is 0 Å². The average Bonchev–Trinajstić information content (AvgIpc) is 3.04. The molecule has 2 saturated heterocycles. The number of thioether (sulfide) groups is 1. The first kappa shape index (κ1) is 20.3. The molecule has 0 unspecified atom stereocenters. The molecule has 1 aromatic carbocycles. The molecule has 7 heteroatoms. The second-order valence-corrected chi connectivity index (χ2v) is 9.45. The van der Waals surface area contributed by atoms with Gasteiger partial charge in [0.25, 0.3) is 5.91 Å². The van der Waals surface area contributed by atoms with E-state index in [9.17, 15) is 9.59 Å². The Hall–Kier alpha value is -1.40. The lowest BCUT2D eigenvalue weighted by Gasteiger charge is -2.44. The zero-order chi connectivity index (χ0) is 19.4. The number of carbonyl (C=O) groups is 2. The minimum absolute atomic E-state index is 0.0110. The van der Waals surface area contributed by atoms with Crippen LogP contribution in [0.25, 0.3) is 0 Å². The lowest BCUT2D eigenvalue weighted by atomic mass is 10.0. The van der Waals surface area contributed by atoms with Crippen LogP contribution in [-0.2, 0) is 9.59 Å². The van der Waals surface area contributed by atoms with E-state index in [2.05, 4.69) is 13.8 Å². The number of halogens is 1. The highest BCUT2D eigenvalue weighted by Gasteiger charge is 2.46. The molecular weight excluding hydrogens is 384 g/mol. The van der Waals surface area contributed by atoms with Gasteiger partial charge in [-0.15, -0.1) is 11.8 Å². The summed E-state index contributed by atoms with van der Waals surface area (Å²) in [5.41, 5.74) is 0. The van der Waals surface area contributed by atoms with E-state index in [1.54, 1.807) is 24.3 Å². The van der Waals surface area contributed by atoms with Crippen LogP contribution in [0.4, 0.5) is 0 Å². The van der Waals surface area contributed by atoms with Gasteiger partial charge in [0.1, 0.15) is 5.75 Å². The number of rotatable bonds is 5. The average molecular weight is 411 g/mol. The number of hydrogen-bond acceptors (Lipinski definition) is 4. The van der Waals surface area contributed by atoms with Crippen molar-refractivity contribution in [2.24, 2.45) is 5.92 Å². The fourth-order valence-corrected chi connectivity index (χ4v) is 5.31. The number of amides is 2. The maximum absolute atomic E-state index is 12.8. The molecule has 148 valence electrons. The molecule has 0 radical (unpaired) electrons. The molecule has 0 aromatic heterocycles. The molecule has 1 spiro atoms. The summed E-state index contributed by atoms with van der Waals surface area (Å²) < 4.78 is 5.65. The zero-order valence-electron chi connectivity index (χ0n) is 15.9. The standard InChI is InChI=1S/C20H27ClN2O3S/c1-15(2)13-18(24)22-9-7-20(8-10-22)23(11-12-27-20)19(25)14-26-17-5-3-16(21)4-6-17/h3-6,15H,7-14H2,1-2H3. The maximum Gasteiger partial charge on any atom is 0.261 e. The Kier molecular flexibility index (Phi) is 6.58. The van der Waals surface area contributed by atoms with Crippen molar-refractivity contribution < 1.29 is 14.3 Å². The van der Waals surface area contributed by atoms with Crippen LogP contribution >= 0.6 is 23.4 Å². The summed E-state index contributed by atoms with van der Waals surface area (Å²) in [6.45, 7) is 6.35. The van der Waals surface area contributed by atoms with E-state index >= 15 is 0 Å². The smallest absolute Gasteiger partial charge is 0.261 e. The predicted molar refractivity (Wildman–Crippen MR) is 109 cm³/mol. The summed E-state index contributed by atoms with van der Waals surface area (Å²) in [5, 5.41) is 0.641. The summed E-state index contributed by atoms with van der Waals surface area (Å²) in [6.07, 6.45) is 2.25. The van der Waals surface area contributed by atoms with E-state index in [0.29, 0.717) is 23.1 Å². The van der Waals surface area contributed by atoms with Crippen LogP contribution in [0.2, 0.25) is 5.02 Å². The van der Waals surface area contributed by atoms with Crippen LogP contribution in [0, 0.1) is 5.92 Å². The summed E-state index contributed by atoms with van der Waals surface area (Å²) in [6, 6.07) is 7.03. The fourth-order valence-electron chi connectivity index (χ4n) is 3.71. The lowest BCUT2D eigenvalue weighted by Crippen LogP contribution is -2.54. The third kappa shape index (κ3) is 4.91. The Morgan fingerprint density at radius 2 is 1.81 bits per heavy atom. The molecule has 0 atom stereocenters. The SMILES string of the molecule is CC(C)CC(=O)N1CCC2(CC1)SCCN2C(=O)COc1ccc(Cl)cc1. The van der Waals surface area contributed by atoms with Crippen molar-refractivity contribution in [1.82, 2.24) is 9.80 Å². The van der Waals surface area contributed by atoms with Crippen LogP contribution in [-0.4, -0.2) is 58.5 Å². The molecule has 27 heavy (non-hydrogen) atoms. The number of nitrogens with zero attached hydrogens (tertiary/aromatic N) is 2. The van der Waals surface area contributed by atoms with E-state index in [0.717, 1.165) is 38.2 Å². The van der Waals surface area contributed by atoms with Crippen LogP contribution in [0.3, 0.4) is 0 Å². The van der Waals surface area contributed by atoms with Crippen molar-refractivity contribution in [3.05, 3.63) is 29.3 Å². The first-order chi connectivity index (χ1) is 12.9. The molecule has 2 amide bonds. The van der Waals surface area contributed by atoms with Gasteiger partial charge in [-0.1, -0.05) is 25.4 Å². The molecule has 3 rings (SSSR count). The van der Waals surface area contributed by atoms with Gasteiger partial charge in [0.2, 0.25) is 5.91 Å². The van der Waals surface area contributed by atoms with Gasteiger partial charge in [-0.05, 0) is 43.0 Å². The van der Waals surface area contributed by atoms with Gasteiger partial charge in [-0.3, -0.25) is 9.59 Å². The maximum atomic E-state index is 12.8. The highest BCUT2D eigenvalue weighted by molar-refractivity contribution is 8.00. The Morgan fingerprint density at radius 1 is 1.15 bits per heavy atom. The molecule has 5 nitrogen and oxygen atoms in total. The van der Waals surface area contributed by atoms with E-state index < -0.39 is 0 Å². The van der Waals surface area contributed by atoms with Crippen molar-refractivity contribution in [1.29, 1.82) is 0 Å². The monoisotopic (exact) mass is 410 g/mol. The minimum atomic E-state index is -0.185. The predicted octanol–water partition coefficient (Wildman–Crippen LogP) is 3.66. The van der Waals surface area contributed by atoms with Gasteiger partial charge in [-0.25, -0.2) is 0 Å². The molecule has 2 fully saturated rings. The van der Waals surface area contributed by atoms with Crippen LogP contribution in [0.1, 0.15) is 33.1 Å². The number of piperidine rings is 1. The Balaban J connectivity index is 1.56. The van der Waals surface area contributed by atoms with Crippen molar-refractivity contribution in [2.45, 2.75) is 38.0 Å². The Labute approximate surface area is 170 Å². The molecule has 0 bridgehead atoms.